The second-order valence-corrected chi connectivity index (χ2v) is 3.24. The SMILES string of the molecule is COC(=O)[C@@](C)(N)c1ccc(O)cc1. The molecule has 3 N–H and O–H groups in total. The highest BCUT2D eigenvalue weighted by Crippen LogP contribution is 2.21. The molecular weight excluding hydrogens is 182 g/mol. The molecule has 0 spiro atoms. The first-order chi connectivity index (χ1) is 6.48. The van der Waals surface area contributed by atoms with Crippen LogP contribution in [0.1, 0.15) is 12.5 Å². The second-order valence-electron chi connectivity index (χ2n) is 3.24. The van der Waals surface area contributed by atoms with Crippen molar-refractivity contribution in [2.24, 2.45) is 5.73 Å². The van der Waals surface area contributed by atoms with E-state index in [0.717, 1.165) is 0 Å². The molecule has 1 aromatic carbocycles. The summed E-state index contributed by atoms with van der Waals surface area (Å²) in [6.45, 7) is 1.56. The Bertz CT molecular complexity index is 330. The first-order valence-corrected chi connectivity index (χ1v) is 4.15. The number of rotatable bonds is 2. The van der Waals surface area contributed by atoms with Crippen molar-refractivity contribution >= 4 is 5.97 Å². The molecular formula is C10H13NO3. The largest absolute Gasteiger partial charge is 0.508 e. The van der Waals surface area contributed by atoms with Crippen molar-refractivity contribution in [2.45, 2.75) is 12.5 Å². The van der Waals surface area contributed by atoms with Crippen molar-refractivity contribution < 1.29 is 14.6 Å². The van der Waals surface area contributed by atoms with Crippen LogP contribution in [0.25, 0.3) is 0 Å². The zero-order valence-electron chi connectivity index (χ0n) is 8.15. The van der Waals surface area contributed by atoms with Gasteiger partial charge in [-0.3, -0.25) is 0 Å². The molecule has 1 atom stereocenters. The summed E-state index contributed by atoms with van der Waals surface area (Å²) in [5.74, 6) is -0.377. The number of methoxy groups -OCH3 is 1. The Labute approximate surface area is 82.3 Å². The number of carbonyl (C=O) groups is 1. The van der Waals surface area contributed by atoms with Gasteiger partial charge in [0.05, 0.1) is 7.11 Å². The molecule has 0 radical (unpaired) electrons. The number of phenols is 1. The van der Waals surface area contributed by atoms with Crippen LogP contribution in [0.4, 0.5) is 0 Å². The van der Waals surface area contributed by atoms with Gasteiger partial charge < -0.3 is 15.6 Å². The molecule has 4 nitrogen and oxygen atoms in total. The number of phenolic OH excluding ortho intramolecular Hbond substituents is 1. The lowest BCUT2D eigenvalue weighted by atomic mass is 9.93. The quantitative estimate of drug-likeness (QED) is 0.683. The Kier molecular flexibility index (Phi) is 2.76. The number of aromatic hydroxyl groups is 1. The average Bonchev–Trinajstić information content (AvgIpc) is 2.17. The molecule has 0 bridgehead atoms. The summed E-state index contributed by atoms with van der Waals surface area (Å²) in [5.41, 5.74) is 5.21. The lowest BCUT2D eigenvalue weighted by molar-refractivity contribution is -0.146. The summed E-state index contributed by atoms with van der Waals surface area (Å²) in [7, 11) is 1.29. The molecule has 76 valence electrons. The van der Waals surface area contributed by atoms with E-state index in [4.69, 9.17) is 10.8 Å². The van der Waals surface area contributed by atoms with E-state index < -0.39 is 11.5 Å². The van der Waals surface area contributed by atoms with Crippen LogP contribution in [0.15, 0.2) is 24.3 Å². The van der Waals surface area contributed by atoms with Gasteiger partial charge in [0, 0.05) is 0 Å². The number of esters is 1. The van der Waals surface area contributed by atoms with Gasteiger partial charge in [-0.15, -0.1) is 0 Å². The average molecular weight is 195 g/mol. The van der Waals surface area contributed by atoms with Gasteiger partial charge in [-0.05, 0) is 24.6 Å². The number of benzene rings is 1. The summed E-state index contributed by atoms with van der Waals surface area (Å²) in [5, 5.41) is 9.06. The standard InChI is InChI=1S/C10H13NO3/c1-10(11,9(13)14-2)7-3-5-8(12)6-4-7/h3-6,12H,11H2,1-2H3/t10-/m0/s1. The Morgan fingerprint density at radius 1 is 1.43 bits per heavy atom. The number of hydrogen-bond acceptors (Lipinski definition) is 4. The van der Waals surface area contributed by atoms with E-state index in [0.29, 0.717) is 5.56 Å². The van der Waals surface area contributed by atoms with Crippen LogP contribution in [0.3, 0.4) is 0 Å². The topological polar surface area (TPSA) is 72.5 Å². The van der Waals surface area contributed by atoms with Crippen LogP contribution in [-0.4, -0.2) is 18.2 Å². The van der Waals surface area contributed by atoms with Crippen LogP contribution in [0, 0.1) is 0 Å². The van der Waals surface area contributed by atoms with Crippen LogP contribution in [0.5, 0.6) is 5.75 Å². The fraction of sp³-hybridized carbons (Fsp3) is 0.300. The minimum Gasteiger partial charge on any atom is -0.508 e. The summed E-state index contributed by atoms with van der Waals surface area (Å²) in [6, 6.07) is 6.13. The smallest absolute Gasteiger partial charge is 0.330 e. The lowest BCUT2D eigenvalue weighted by Crippen LogP contribution is -2.42. The first kappa shape index (κ1) is 10.5. The summed E-state index contributed by atoms with van der Waals surface area (Å²) in [6.07, 6.45) is 0. The van der Waals surface area contributed by atoms with E-state index in [-0.39, 0.29) is 5.75 Å². The van der Waals surface area contributed by atoms with Crippen molar-refractivity contribution in [2.75, 3.05) is 7.11 Å². The van der Waals surface area contributed by atoms with Crippen molar-refractivity contribution in [3.05, 3.63) is 29.8 Å². The maximum Gasteiger partial charge on any atom is 0.330 e. The maximum atomic E-state index is 11.3. The lowest BCUT2D eigenvalue weighted by Gasteiger charge is -2.21. The van der Waals surface area contributed by atoms with Crippen molar-refractivity contribution in [1.82, 2.24) is 0 Å². The van der Waals surface area contributed by atoms with E-state index in [2.05, 4.69) is 4.74 Å². The molecule has 0 aliphatic carbocycles. The molecule has 14 heavy (non-hydrogen) atoms. The predicted octanol–water partition coefficient (Wildman–Crippen LogP) is 0.739. The first-order valence-electron chi connectivity index (χ1n) is 4.15. The van der Waals surface area contributed by atoms with Crippen molar-refractivity contribution in [1.29, 1.82) is 0 Å². The summed E-state index contributed by atoms with van der Waals surface area (Å²) in [4.78, 5) is 11.3. The highest BCUT2D eigenvalue weighted by atomic mass is 16.5. The molecule has 0 fully saturated rings. The third kappa shape index (κ3) is 1.85. The molecule has 0 aromatic heterocycles. The zero-order valence-corrected chi connectivity index (χ0v) is 8.15. The Morgan fingerprint density at radius 2 is 1.93 bits per heavy atom. The Morgan fingerprint density at radius 3 is 2.36 bits per heavy atom. The van der Waals surface area contributed by atoms with E-state index >= 15 is 0 Å². The van der Waals surface area contributed by atoms with Gasteiger partial charge in [0.25, 0.3) is 0 Å². The summed E-state index contributed by atoms with van der Waals surface area (Å²) < 4.78 is 4.57. The normalized spacial score (nSPS) is 14.5. The van der Waals surface area contributed by atoms with E-state index in [9.17, 15) is 4.79 Å². The molecule has 0 unspecified atom stereocenters. The molecule has 4 heteroatoms. The molecule has 1 aromatic rings. The van der Waals surface area contributed by atoms with Gasteiger partial charge in [-0.25, -0.2) is 4.79 Å². The molecule has 0 aliphatic rings. The predicted molar refractivity (Wildman–Crippen MR) is 51.7 cm³/mol. The van der Waals surface area contributed by atoms with E-state index in [1.165, 1.54) is 19.2 Å². The van der Waals surface area contributed by atoms with Gasteiger partial charge in [0.1, 0.15) is 11.3 Å². The van der Waals surface area contributed by atoms with Crippen LogP contribution in [0.2, 0.25) is 0 Å². The zero-order chi connectivity index (χ0) is 10.8. The highest BCUT2D eigenvalue weighted by molar-refractivity contribution is 5.81. The van der Waals surface area contributed by atoms with Crippen molar-refractivity contribution in [3.8, 4) is 5.75 Å². The fourth-order valence-corrected chi connectivity index (χ4v) is 1.14. The number of ether oxygens (including phenoxy) is 1. The second kappa shape index (κ2) is 3.67. The number of nitrogens with two attached hydrogens (primary N) is 1. The van der Waals surface area contributed by atoms with Crippen molar-refractivity contribution in [3.63, 3.8) is 0 Å². The molecule has 0 saturated heterocycles. The van der Waals surface area contributed by atoms with E-state index in [1.54, 1.807) is 19.1 Å². The van der Waals surface area contributed by atoms with Gasteiger partial charge in [-0.2, -0.15) is 0 Å². The Hall–Kier alpha value is -1.55. The third-order valence-electron chi connectivity index (χ3n) is 2.08. The van der Waals surface area contributed by atoms with Crippen LogP contribution in [-0.2, 0) is 15.1 Å². The molecule has 0 heterocycles. The minimum atomic E-state index is -1.18. The molecule has 0 aliphatic heterocycles. The number of carbonyl (C=O) groups excluding carboxylic acids is 1. The van der Waals surface area contributed by atoms with E-state index in [1.807, 2.05) is 0 Å². The maximum absolute atomic E-state index is 11.3. The Balaban J connectivity index is 3.03. The fourth-order valence-electron chi connectivity index (χ4n) is 1.14. The monoisotopic (exact) mass is 195 g/mol. The van der Waals surface area contributed by atoms with Gasteiger partial charge in [0.2, 0.25) is 0 Å². The van der Waals surface area contributed by atoms with Gasteiger partial charge in [0.15, 0.2) is 0 Å². The highest BCUT2D eigenvalue weighted by Gasteiger charge is 2.31. The van der Waals surface area contributed by atoms with Gasteiger partial charge in [-0.1, -0.05) is 12.1 Å². The molecule has 1 rings (SSSR count). The third-order valence-corrected chi connectivity index (χ3v) is 2.08. The van der Waals surface area contributed by atoms with Gasteiger partial charge >= 0.3 is 5.97 Å². The van der Waals surface area contributed by atoms with Crippen LogP contribution < -0.4 is 5.73 Å². The minimum absolute atomic E-state index is 0.134. The van der Waals surface area contributed by atoms with Crippen LogP contribution >= 0.6 is 0 Å². The summed E-state index contributed by atoms with van der Waals surface area (Å²) >= 11 is 0. The number of hydrogen-bond donors (Lipinski definition) is 2. The molecule has 0 saturated carbocycles. The molecule has 0 amide bonds.